The van der Waals surface area contributed by atoms with Crippen LogP contribution in [0.3, 0.4) is 0 Å². The Bertz CT molecular complexity index is 1080. The number of likely N-dealkylation sites (N-methyl/N-ethyl adjacent to an activating group) is 1. The van der Waals surface area contributed by atoms with Crippen LogP contribution in [0, 0.1) is 12.7 Å². The number of hydrogen-bond acceptors (Lipinski definition) is 5. The van der Waals surface area contributed by atoms with E-state index in [0.717, 1.165) is 55.0 Å². The van der Waals surface area contributed by atoms with Gasteiger partial charge >= 0.3 is 0 Å². The first-order valence-electron chi connectivity index (χ1n) is 11.6. The topological polar surface area (TPSA) is 42.0 Å². The van der Waals surface area contributed by atoms with Gasteiger partial charge in [-0.1, -0.05) is 29.3 Å². The Morgan fingerprint density at radius 2 is 1.76 bits per heavy atom. The summed E-state index contributed by atoms with van der Waals surface area (Å²) in [5.74, 6) is -0.0172. The van der Waals surface area contributed by atoms with E-state index in [-0.39, 0.29) is 11.7 Å². The quantitative estimate of drug-likeness (QED) is 0.538. The smallest absolute Gasteiger partial charge is 0.210 e. The van der Waals surface area contributed by atoms with Gasteiger partial charge in [0.15, 0.2) is 0 Å². The summed E-state index contributed by atoms with van der Waals surface area (Å²) < 4.78 is 13.9. The molecule has 2 aliphatic rings. The number of aliphatic hydroxyl groups excluding tert-OH is 1. The summed E-state index contributed by atoms with van der Waals surface area (Å²) in [6.45, 7) is 6.86. The largest absolute Gasteiger partial charge is 0.493 e. The normalized spacial score (nSPS) is 17.7. The van der Waals surface area contributed by atoms with Gasteiger partial charge in [0, 0.05) is 54.9 Å². The second kappa shape index (κ2) is 11.0. The van der Waals surface area contributed by atoms with E-state index in [0.29, 0.717) is 35.1 Å². The number of benzene rings is 2. The minimum atomic E-state index is -0.232. The Kier molecular flexibility index (Phi) is 8.04. The van der Waals surface area contributed by atoms with E-state index in [4.69, 9.17) is 23.2 Å². The highest BCUT2D eigenvalue weighted by molar-refractivity contribution is 6.35. The number of aliphatic hydroxyl groups is 1. The Morgan fingerprint density at radius 1 is 1.06 bits per heavy atom. The molecule has 0 atom stereocenters. The van der Waals surface area contributed by atoms with Crippen molar-refractivity contribution in [3.8, 4) is 0 Å². The van der Waals surface area contributed by atoms with Crippen LogP contribution in [0.15, 0.2) is 53.9 Å². The van der Waals surface area contributed by atoms with E-state index >= 15 is 0 Å². The lowest BCUT2D eigenvalue weighted by Crippen LogP contribution is -2.46. The van der Waals surface area contributed by atoms with Gasteiger partial charge in [-0.3, -0.25) is 15.3 Å². The highest BCUT2D eigenvalue weighted by Crippen LogP contribution is 2.28. The van der Waals surface area contributed by atoms with E-state index in [1.54, 1.807) is 18.0 Å². The number of hydrogen-bond donors (Lipinski definition) is 2. The number of halogens is 3. The van der Waals surface area contributed by atoms with Crippen molar-refractivity contribution in [2.24, 2.45) is 0 Å². The molecule has 0 bridgehead atoms. The third kappa shape index (κ3) is 5.87. The van der Waals surface area contributed by atoms with Gasteiger partial charge in [0.25, 0.3) is 0 Å². The highest BCUT2D eigenvalue weighted by atomic mass is 35.5. The maximum atomic E-state index is 13.9. The Hall–Kier alpha value is -2.25. The van der Waals surface area contributed by atoms with E-state index in [1.165, 1.54) is 6.07 Å². The first-order chi connectivity index (χ1) is 16.3. The maximum Gasteiger partial charge on any atom is 0.210 e. The van der Waals surface area contributed by atoms with E-state index in [9.17, 15) is 9.50 Å². The summed E-state index contributed by atoms with van der Waals surface area (Å²) in [5, 5.41) is 14.2. The molecule has 0 amide bonds. The summed E-state index contributed by atoms with van der Waals surface area (Å²) >= 11 is 12.7. The van der Waals surface area contributed by atoms with Crippen molar-refractivity contribution in [1.82, 2.24) is 20.2 Å². The molecular formula is C26H31Cl2FN4O. The van der Waals surface area contributed by atoms with Gasteiger partial charge in [0.2, 0.25) is 5.88 Å². The minimum absolute atomic E-state index is 0.215. The zero-order chi connectivity index (χ0) is 24.2. The van der Waals surface area contributed by atoms with Gasteiger partial charge in [-0.25, -0.2) is 4.39 Å². The molecule has 0 spiro atoms. The molecular weight excluding hydrogens is 474 g/mol. The molecule has 2 aromatic rings. The third-order valence-electron chi connectivity index (χ3n) is 6.45. The zero-order valence-corrected chi connectivity index (χ0v) is 21.1. The van der Waals surface area contributed by atoms with Crippen LogP contribution < -0.4 is 5.43 Å². The van der Waals surface area contributed by atoms with Crippen LogP contribution in [0.4, 0.5) is 4.39 Å². The highest BCUT2D eigenvalue weighted by Gasteiger charge is 2.24. The lowest BCUT2D eigenvalue weighted by Gasteiger charge is -2.36. The number of nitrogens with zero attached hydrogens (tertiary/aromatic N) is 3. The molecule has 1 saturated heterocycles. The molecule has 0 aliphatic carbocycles. The van der Waals surface area contributed by atoms with E-state index in [2.05, 4.69) is 22.3 Å². The van der Waals surface area contributed by atoms with Crippen molar-refractivity contribution in [2.45, 2.75) is 19.8 Å². The molecule has 0 radical (unpaired) electrons. The fourth-order valence-electron chi connectivity index (χ4n) is 4.31. The number of rotatable bonds is 7. The Morgan fingerprint density at radius 3 is 2.44 bits per heavy atom. The second-order valence-corrected chi connectivity index (χ2v) is 9.83. The van der Waals surface area contributed by atoms with Crippen molar-refractivity contribution in [2.75, 3.05) is 46.3 Å². The lowest BCUT2D eigenvalue weighted by atomic mass is 10.0. The van der Waals surface area contributed by atoms with Gasteiger partial charge in [0.05, 0.1) is 5.70 Å². The van der Waals surface area contributed by atoms with E-state index < -0.39 is 0 Å². The summed E-state index contributed by atoms with van der Waals surface area (Å²) in [6, 6.07) is 10.6. The molecule has 8 heteroatoms. The molecule has 34 heavy (non-hydrogen) atoms. The fraction of sp³-hybridized carbons (Fsp3) is 0.385. The molecule has 2 aromatic carbocycles. The van der Waals surface area contributed by atoms with Crippen molar-refractivity contribution in [3.05, 3.63) is 86.5 Å². The number of aryl methyl sites for hydroxylation is 1. The fourth-order valence-corrected chi connectivity index (χ4v) is 4.90. The number of hydrazine groups is 1. The second-order valence-electron chi connectivity index (χ2n) is 9.02. The lowest BCUT2D eigenvalue weighted by molar-refractivity contribution is 0.142. The van der Waals surface area contributed by atoms with Crippen molar-refractivity contribution in [1.29, 1.82) is 0 Å². The average Bonchev–Trinajstić information content (AvgIpc) is 2.81. The molecule has 0 aromatic heterocycles. The van der Waals surface area contributed by atoms with Crippen LogP contribution in [0.5, 0.6) is 0 Å². The van der Waals surface area contributed by atoms with Crippen molar-refractivity contribution < 1.29 is 9.50 Å². The zero-order valence-electron chi connectivity index (χ0n) is 19.6. The average molecular weight is 505 g/mol. The molecule has 0 saturated carbocycles. The van der Waals surface area contributed by atoms with E-state index in [1.807, 2.05) is 30.3 Å². The monoisotopic (exact) mass is 504 g/mol. The van der Waals surface area contributed by atoms with Gasteiger partial charge in [-0.2, -0.15) is 0 Å². The molecule has 4 rings (SSSR count). The van der Waals surface area contributed by atoms with Crippen molar-refractivity contribution >= 4 is 28.9 Å². The predicted molar refractivity (Wildman–Crippen MR) is 137 cm³/mol. The third-order valence-corrected chi connectivity index (χ3v) is 7.15. The first kappa shape index (κ1) is 24.9. The predicted octanol–water partition coefficient (Wildman–Crippen LogP) is 5.25. The number of nitrogens with one attached hydrogen (secondary N) is 1. The minimum Gasteiger partial charge on any atom is -0.493 e. The van der Waals surface area contributed by atoms with Crippen LogP contribution >= 0.6 is 23.2 Å². The van der Waals surface area contributed by atoms with Crippen LogP contribution in [-0.4, -0.2) is 66.2 Å². The molecule has 2 aliphatic heterocycles. The van der Waals surface area contributed by atoms with Crippen LogP contribution in [-0.2, 0) is 6.42 Å². The summed E-state index contributed by atoms with van der Waals surface area (Å²) in [5.41, 5.74) is 7.38. The summed E-state index contributed by atoms with van der Waals surface area (Å²) in [7, 11) is 2.13. The van der Waals surface area contributed by atoms with Gasteiger partial charge in [-0.05, 0) is 79.9 Å². The number of piperazine rings is 1. The van der Waals surface area contributed by atoms with Gasteiger partial charge < -0.3 is 10.0 Å². The Balaban J connectivity index is 1.54. The molecule has 2 N–H and O–H groups in total. The molecule has 5 nitrogen and oxygen atoms in total. The van der Waals surface area contributed by atoms with Crippen LogP contribution in [0.1, 0.15) is 23.1 Å². The summed E-state index contributed by atoms with van der Waals surface area (Å²) in [4.78, 5) is 4.66. The van der Waals surface area contributed by atoms with Crippen molar-refractivity contribution in [3.63, 3.8) is 0 Å². The molecule has 0 unspecified atom stereocenters. The standard InChI is InChI=1S/C26H31Cl2FN4O/c1-18-15-19(8-9-24(18)29)25-16-20(17-32-13-11-31(2)12-14-32)26(34)33(30-25)10-4-5-21-22(27)6-3-7-23(21)28/h3,6-9,15-16,30,34H,4-5,10-14,17H2,1-2H3. The molecule has 182 valence electrons. The van der Waals surface area contributed by atoms with Gasteiger partial charge in [-0.15, -0.1) is 0 Å². The van der Waals surface area contributed by atoms with Gasteiger partial charge in [0.1, 0.15) is 5.82 Å². The van der Waals surface area contributed by atoms with Crippen LogP contribution in [0.25, 0.3) is 5.70 Å². The molecule has 1 fully saturated rings. The SMILES string of the molecule is Cc1cc(C2=CC(CN3CCN(C)CC3)=C(O)N(CCCc3c(Cl)cccc3Cl)N2)ccc1F. The Labute approximate surface area is 211 Å². The maximum absolute atomic E-state index is 13.9. The first-order valence-corrected chi connectivity index (χ1v) is 12.4. The van der Waals surface area contributed by atoms with Crippen LogP contribution in [0.2, 0.25) is 10.0 Å². The summed E-state index contributed by atoms with van der Waals surface area (Å²) in [6.07, 6.45) is 3.40. The molecule has 2 heterocycles.